The van der Waals surface area contributed by atoms with Crippen LogP contribution < -0.4 is 0 Å². The quantitative estimate of drug-likeness (QED) is 0.615. The number of carbonyl (C=O) groups excluding carboxylic acids is 2. The second-order valence-electron chi connectivity index (χ2n) is 3.27. The maximum Gasteiger partial charge on any atom is 0.318 e. The van der Waals surface area contributed by atoms with Crippen molar-refractivity contribution in [1.29, 1.82) is 0 Å². The van der Waals surface area contributed by atoms with Gasteiger partial charge in [0.2, 0.25) is 0 Å². The van der Waals surface area contributed by atoms with Gasteiger partial charge in [-0.2, -0.15) is 0 Å². The Hall–Kier alpha value is -0.710. The van der Waals surface area contributed by atoms with Crippen LogP contribution in [0.3, 0.4) is 0 Å². The van der Waals surface area contributed by atoms with E-state index in [9.17, 15) is 9.59 Å². The van der Waals surface area contributed by atoms with Crippen LogP contribution in [0.2, 0.25) is 0 Å². The first-order chi connectivity index (χ1) is 7.65. The van der Waals surface area contributed by atoms with Gasteiger partial charge in [-0.1, -0.05) is 19.8 Å². The van der Waals surface area contributed by atoms with Gasteiger partial charge >= 0.3 is 11.9 Å². The zero-order valence-corrected chi connectivity index (χ0v) is 11.0. The Balaban J connectivity index is 4.00. The normalized spacial score (nSPS) is 11.9. The zero-order valence-electron chi connectivity index (χ0n) is 10.2. The van der Waals surface area contributed by atoms with E-state index in [2.05, 4.69) is 11.7 Å². The molecule has 16 heavy (non-hydrogen) atoms. The van der Waals surface area contributed by atoms with Gasteiger partial charge in [0.05, 0.1) is 19.5 Å². The van der Waals surface area contributed by atoms with E-state index >= 15 is 0 Å². The fraction of sp³-hybridized carbons (Fsp3) is 0.818. The van der Waals surface area contributed by atoms with Crippen molar-refractivity contribution in [2.24, 2.45) is 0 Å². The molecule has 5 heteroatoms. The van der Waals surface area contributed by atoms with E-state index in [-0.39, 0.29) is 22.9 Å². The molecule has 0 saturated carbocycles. The molecule has 1 unspecified atom stereocenters. The molecule has 0 amide bonds. The minimum Gasteiger partial charge on any atom is -0.468 e. The number of hydrogen-bond acceptors (Lipinski definition) is 5. The van der Waals surface area contributed by atoms with Crippen molar-refractivity contribution in [2.45, 2.75) is 38.4 Å². The van der Waals surface area contributed by atoms with Crippen molar-refractivity contribution in [3.8, 4) is 0 Å². The first kappa shape index (κ1) is 15.3. The smallest absolute Gasteiger partial charge is 0.318 e. The molecule has 0 heterocycles. The maximum absolute atomic E-state index is 11.4. The third-order valence-electron chi connectivity index (χ3n) is 1.99. The van der Waals surface area contributed by atoms with Crippen LogP contribution in [-0.4, -0.2) is 36.7 Å². The summed E-state index contributed by atoms with van der Waals surface area (Å²) in [5.74, 6) is -0.335. The number of esters is 2. The highest BCUT2D eigenvalue weighted by Gasteiger charge is 2.20. The number of hydrogen-bond donors (Lipinski definition) is 0. The van der Waals surface area contributed by atoms with Gasteiger partial charge in [-0.05, 0) is 13.3 Å². The molecule has 1 atom stereocenters. The summed E-state index contributed by atoms with van der Waals surface area (Å²) in [6, 6.07) is 0. The van der Waals surface area contributed by atoms with Crippen LogP contribution in [0.4, 0.5) is 0 Å². The lowest BCUT2D eigenvalue weighted by atomic mass is 10.2. The Kier molecular flexibility index (Phi) is 9.09. The third kappa shape index (κ3) is 6.71. The molecule has 0 aliphatic carbocycles. The molecule has 0 aromatic heterocycles. The number of rotatable bonds is 8. The summed E-state index contributed by atoms with van der Waals surface area (Å²) in [6.07, 6.45) is 2.72. The fourth-order valence-corrected chi connectivity index (χ4v) is 2.15. The minimum absolute atomic E-state index is 0.206. The Labute approximate surface area is 101 Å². The molecule has 0 N–H and O–H groups in total. The highest BCUT2D eigenvalue weighted by atomic mass is 32.2. The molecule has 0 aromatic carbocycles. The lowest BCUT2D eigenvalue weighted by Gasteiger charge is -2.13. The molecule has 4 nitrogen and oxygen atoms in total. The van der Waals surface area contributed by atoms with Crippen LogP contribution in [0.25, 0.3) is 0 Å². The Morgan fingerprint density at radius 3 is 2.50 bits per heavy atom. The largest absolute Gasteiger partial charge is 0.468 e. The van der Waals surface area contributed by atoms with E-state index in [1.54, 1.807) is 6.92 Å². The lowest BCUT2D eigenvalue weighted by Crippen LogP contribution is -2.21. The zero-order chi connectivity index (χ0) is 12.4. The molecule has 0 rings (SSSR count). The van der Waals surface area contributed by atoms with Crippen molar-refractivity contribution >= 4 is 23.7 Å². The first-order valence-corrected chi connectivity index (χ1v) is 6.55. The molecule has 0 aliphatic rings. The summed E-state index contributed by atoms with van der Waals surface area (Å²) >= 11 is 1.29. The van der Waals surface area contributed by atoms with E-state index in [0.29, 0.717) is 6.61 Å². The predicted octanol–water partition coefficient (Wildman–Crippen LogP) is 2.01. The number of thioether (sulfide) groups is 1. The third-order valence-corrected chi connectivity index (χ3v) is 3.22. The van der Waals surface area contributed by atoms with E-state index in [1.807, 2.05) is 0 Å². The van der Waals surface area contributed by atoms with Gasteiger partial charge in [0.25, 0.3) is 0 Å². The fourth-order valence-electron chi connectivity index (χ4n) is 1.16. The van der Waals surface area contributed by atoms with Gasteiger partial charge in [0.1, 0.15) is 5.25 Å². The Morgan fingerprint density at radius 1 is 1.31 bits per heavy atom. The monoisotopic (exact) mass is 248 g/mol. The van der Waals surface area contributed by atoms with E-state index < -0.39 is 0 Å². The summed E-state index contributed by atoms with van der Waals surface area (Å²) in [7, 11) is 1.37. The lowest BCUT2D eigenvalue weighted by molar-refractivity contribution is -0.140. The van der Waals surface area contributed by atoms with Crippen molar-refractivity contribution in [3.63, 3.8) is 0 Å². The number of methoxy groups -OCH3 is 1. The summed E-state index contributed by atoms with van der Waals surface area (Å²) in [4.78, 5) is 22.5. The summed E-state index contributed by atoms with van der Waals surface area (Å²) < 4.78 is 9.49. The number of unbranched alkanes of at least 4 members (excludes halogenated alkanes) is 1. The maximum atomic E-state index is 11.4. The van der Waals surface area contributed by atoms with E-state index in [0.717, 1.165) is 19.3 Å². The van der Waals surface area contributed by atoms with Gasteiger partial charge in [0.15, 0.2) is 0 Å². The van der Waals surface area contributed by atoms with Crippen molar-refractivity contribution in [2.75, 3.05) is 19.5 Å². The van der Waals surface area contributed by atoms with Crippen LogP contribution in [0.15, 0.2) is 0 Å². The molecule has 0 aromatic rings. The minimum atomic E-state index is -0.280. The van der Waals surface area contributed by atoms with Crippen molar-refractivity contribution in [3.05, 3.63) is 0 Å². The number of ether oxygens (including phenoxy) is 2. The van der Waals surface area contributed by atoms with Gasteiger partial charge in [-0.15, -0.1) is 11.8 Å². The van der Waals surface area contributed by atoms with Gasteiger partial charge < -0.3 is 9.47 Å². The molecule has 0 spiro atoms. The van der Waals surface area contributed by atoms with Gasteiger partial charge in [-0.3, -0.25) is 9.59 Å². The van der Waals surface area contributed by atoms with Crippen LogP contribution in [-0.2, 0) is 19.1 Å². The summed E-state index contributed by atoms with van der Waals surface area (Å²) in [6.45, 7) is 4.19. The molecule has 0 bridgehead atoms. The van der Waals surface area contributed by atoms with Crippen LogP contribution in [0, 0.1) is 0 Å². The summed E-state index contributed by atoms with van der Waals surface area (Å²) in [5, 5.41) is -0.255. The first-order valence-electron chi connectivity index (χ1n) is 5.50. The Morgan fingerprint density at radius 2 is 2.00 bits per heavy atom. The van der Waals surface area contributed by atoms with Gasteiger partial charge in [-0.25, -0.2) is 0 Å². The number of carbonyl (C=O) groups is 2. The molecule has 0 fully saturated rings. The highest BCUT2D eigenvalue weighted by Crippen LogP contribution is 2.19. The van der Waals surface area contributed by atoms with Crippen molar-refractivity contribution in [1.82, 2.24) is 0 Å². The average molecular weight is 248 g/mol. The topological polar surface area (TPSA) is 52.6 Å². The van der Waals surface area contributed by atoms with E-state index in [1.165, 1.54) is 18.9 Å². The van der Waals surface area contributed by atoms with E-state index in [4.69, 9.17) is 4.74 Å². The molecule has 0 saturated heterocycles. The molecular formula is C11H20O4S. The van der Waals surface area contributed by atoms with Crippen LogP contribution >= 0.6 is 11.8 Å². The molecule has 0 radical (unpaired) electrons. The van der Waals surface area contributed by atoms with Crippen molar-refractivity contribution < 1.29 is 19.1 Å². The van der Waals surface area contributed by atoms with Gasteiger partial charge in [0, 0.05) is 0 Å². The second kappa shape index (κ2) is 9.51. The standard InChI is InChI=1S/C11H20O4S/c1-4-6-7-9(11(13)14-3)16-8-10(12)15-5-2/h9H,4-8H2,1-3H3. The molecular weight excluding hydrogens is 228 g/mol. The average Bonchev–Trinajstić information content (AvgIpc) is 2.28. The molecule has 94 valence electrons. The predicted molar refractivity (Wildman–Crippen MR) is 64.4 cm³/mol. The highest BCUT2D eigenvalue weighted by molar-refractivity contribution is 8.01. The molecule has 0 aliphatic heterocycles. The second-order valence-corrected chi connectivity index (χ2v) is 4.46. The Bertz CT molecular complexity index is 218. The SMILES string of the molecule is CCCCC(SCC(=O)OCC)C(=O)OC. The summed E-state index contributed by atoms with van der Waals surface area (Å²) in [5.41, 5.74) is 0. The van der Waals surface area contributed by atoms with Crippen LogP contribution in [0.5, 0.6) is 0 Å². The van der Waals surface area contributed by atoms with Crippen LogP contribution in [0.1, 0.15) is 33.1 Å².